The van der Waals surface area contributed by atoms with Crippen molar-refractivity contribution in [2.75, 3.05) is 11.9 Å². The summed E-state index contributed by atoms with van der Waals surface area (Å²) in [5.74, 6) is -1.78. The summed E-state index contributed by atoms with van der Waals surface area (Å²) in [5.41, 5.74) is 2.73. The highest BCUT2D eigenvalue weighted by Gasteiger charge is 2.14. The first-order chi connectivity index (χ1) is 13.8. The van der Waals surface area contributed by atoms with Crippen LogP contribution in [-0.4, -0.2) is 28.3 Å². The number of aryl methyl sites for hydroxylation is 1. The van der Waals surface area contributed by atoms with Crippen LogP contribution >= 0.6 is 23.2 Å². The van der Waals surface area contributed by atoms with Gasteiger partial charge >= 0.3 is 5.97 Å². The zero-order valence-electron chi connectivity index (χ0n) is 15.5. The van der Waals surface area contributed by atoms with E-state index in [0.717, 1.165) is 23.5 Å². The number of carbonyl (C=O) groups excluding carboxylic acids is 2. The molecular weight excluding hydrogens is 420 g/mol. The average Bonchev–Trinajstić information content (AvgIpc) is 2.96. The second-order valence-corrected chi connectivity index (χ2v) is 6.98. The number of amides is 1. The summed E-state index contributed by atoms with van der Waals surface area (Å²) in [4.78, 5) is 24.1. The van der Waals surface area contributed by atoms with Crippen LogP contribution in [0.4, 0.5) is 10.1 Å². The van der Waals surface area contributed by atoms with Gasteiger partial charge in [0.05, 0.1) is 38.4 Å². The molecule has 3 rings (SSSR count). The number of hydrogen-bond donors (Lipinski definition) is 1. The number of nitrogens with one attached hydrogen (secondary N) is 1. The van der Waals surface area contributed by atoms with E-state index < -0.39 is 24.3 Å². The Bertz CT molecular complexity index is 1080. The largest absolute Gasteiger partial charge is 0.452 e. The molecule has 0 aliphatic carbocycles. The van der Waals surface area contributed by atoms with Crippen molar-refractivity contribution in [2.24, 2.45) is 0 Å². The lowest BCUT2D eigenvalue weighted by molar-refractivity contribution is -0.119. The minimum Gasteiger partial charge on any atom is -0.452 e. The Labute approximate surface area is 176 Å². The third-order valence-corrected chi connectivity index (χ3v) is 4.95. The number of carbonyl (C=O) groups is 2. The highest BCUT2D eigenvalue weighted by molar-refractivity contribution is 6.33. The van der Waals surface area contributed by atoms with E-state index in [4.69, 9.17) is 27.9 Å². The number of halogens is 3. The Hall–Kier alpha value is -2.90. The van der Waals surface area contributed by atoms with E-state index in [1.54, 1.807) is 28.9 Å². The van der Waals surface area contributed by atoms with Gasteiger partial charge in [-0.15, -0.1) is 0 Å². The van der Waals surface area contributed by atoms with E-state index in [-0.39, 0.29) is 16.3 Å². The summed E-state index contributed by atoms with van der Waals surface area (Å²) < 4.78 is 19.7. The lowest BCUT2D eigenvalue weighted by atomic mass is 10.2. The van der Waals surface area contributed by atoms with Crippen LogP contribution in [0.25, 0.3) is 5.69 Å². The molecule has 150 valence electrons. The minimum absolute atomic E-state index is 0.0459. The molecule has 0 aliphatic heterocycles. The van der Waals surface area contributed by atoms with Crippen LogP contribution < -0.4 is 5.32 Å². The van der Waals surface area contributed by atoms with E-state index in [1.807, 2.05) is 13.8 Å². The van der Waals surface area contributed by atoms with Crippen LogP contribution in [0.1, 0.15) is 21.7 Å². The SMILES string of the molecule is Cc1nn(-c2ccc(C(=O)OCC(=O)Nc3ccc(F)cc3Cl)cc2)c(C)c1Cl. The fraction of sp³-hybridized carbons (Fsp3) is 0.150. The van der Waals surface area contributed by atoms with E-state index in [1.165, 1.54) is 6.07 Å². The predicted molar refractivity (Wildman–Crippen MR) is 108 cm³/mol. The fourth-order valence-corrected chi connectivity index (χ4v) is 2.94. The second-order valence-electron chi connectivity index (χ2n) is 6.19. The van der Waals surface area contributed by atoms with Crippen LogP contribution in [0.3, 0.4) is 0 Å². The van der Waals surface area contributed by atoms with Crippen molar-refractivity contribution >= 4 is 40.8 Å². The molecule has 0 unspecified atom stereocenters. The second kappa shape index (κ2) is 8.63. The monoisotopic (exact) mass is 435 g/mol. The van der Waals surface area contributed by atoms with Crippen molar-refractivity contribution in [2.45, 2.75) is 13.8 Å². The lowest BCUT2D eigenvalue weighted by Gasteiger charge is -2.09. The molecule has 1 aromatic heterocycles. The molecule has 9 heteroatoms. The Morgan fingerprint density at radius 2 is 1.83 bits per heavy atom. The average molecular weight is 436 g/mol. The van der Waals surface area contributed by atoms with Gasteiger partial charge in [-0.2, -0.15) is 5.10 Å². The van der Waals surface area contributed by atoms with E-state index in [0.29, 0.717) is 10.7 Å². The zero-order valence-corrected chi connectivity index (χ0v) is 17.0. The fourth-order valence-electron chi connectivity index (χ4n) is 2.61. The first-order valence-corrected chi connectivity index (χ1v) is 9.26. The molecule has 1 heterocycles. The van der Waals surface area contributed by atoms with Crippen LogP contribution in [0, 0.1) is 19.7 Å². The van der Waals surface area contributed by atoms with E-state index in [2.05, 4.69) is 10.4 Å². The molecule has 0 fully saturated rings. The van der Waals surface area contributed by atoms with Gasteiger partial charge in [-0.3, -0.25) is 4.79 Å². The maximum Gasteiger partial charge on any atom is 0.338 e. The van der Waals surface area contributed by atoms with Gasteiger partial charge in [-0.1, -0.05) is 23.2 Å². The number of hydrogen-bond acceptors (Lipinski definition) is 4. The molecule has 6 nitrogen and oxygen atoms in total. The molecule has 0 radical (unpaired) electrons. The standard InChI is InChI=1S/C20H16Cl2FN3O3/c1-11-19(22)12(2)26(25-11)15-6-3-13(4-7-15)20(28)29-10-18(27)24-17-8-5-14(23)9-16(17)21/h3-9H,10H2,1-2H3,(H,24,27). The Balaban J connectivity index is 1.60. The first-order valence-electron chi connectivity index (χ1n) is 8.50. The number of ether oxygens (including phenoxy) is 1. The number of nitrogens with zero attached hydrogens (tertiary/aromatic N) is 2. The van der Waals surface area contributed by atoms with E-state index in [9.17, 15) is 14.0 Å². The molecule has 0 bridgehead atoms. The summed E-state index contributed by atoms with van der Waals surface area (Å²) in [6, 6.07) is 10.1. The van der Waals surface area contributed by atoms with Crippen molar-refractivity contribution < 1.29 is 18.7 Å². The van der Waals surface area contributed by atoms with Gasteiger partial charge in [0, 0.05) is 0 Å². The molecule has 0 spiro atoms. The first kappa shape index (κ1) is 20.8. The molecule has 0 saturated heterocycles. The van der Waals surface area contributed by atoms with Gasteiger partial charge in [0.2, 0.25) is 0 Å². The zero-order chi connectivity index (χ0) is 21.1. The van der Waals surface area contributed by atoms with Crippen molar-refractivity contribution in [3.8, 4) is 5.69 Å². The molecule has 2 aromatic carbocycles. The normalized spacial score (nSPS) is 10.7. The van der Waals surface area contributed by atoms with Gasteiger partial charge in [0.25, 0.3) is 5.91 Å². The Morgan fingerprint density at radius 3 is 2.41 bits per heavy atom. The number of anilines is 1. The lowest BCUT2D eigenvalue weighted by Crippen LogP contribution is -2.21. The van der Waals surface area contributed by atoms with Gasteiger partial charge in [-0.25, -0.2) is 13.9 Å². The third kappa shape index (κ3) is 4.75. The van der Waals surface area contributed by atoms with Crippen molar-refractivity contribution in [1.29, 1.82) is 0 Å². The Kier molecular flexibility index (Phi) is 6.20. The quantitative estimate of drug-likeness (QED) is 0.587. The van der Waals surface area contributed by atoms with Crippen LogP contribution in [0.2, 0.25) is 10.0 Å². The molecule has 29 heavy (non-hydrogen) atoms. The van der Waals surface area contributed by atoms with E-state index >= 15 is 0 Å². The minimum atomic E-state index is -0.664. The number of esters is 1. The highest BCUT2D eigenvalue weighted by atomic mass is 35.5. The summed E-state index contributed by atoms with van der Waals surface area (Å²) in [5, 5.41) is 7.43. The molecule has 1 N–H and O–H groups in total. The molecule has 0 saturated carbocycles. The third-order valence-electron chi connectivity index (χ3n) is 4.09. The summed E-state index contributed by atoms with van der Waals surface area (Å²) in [6.07, 6.45) is 0. The smallest absolute Gasteiger partial charge is 0.338 e. The molecule has 1 amide bonds. The summed E-state index contributed by atoms with van der Waals surface area (Å²) in [7, 11) is 0. The van der Waals surface area contributed by atoms with Gasteiger partial charge in [0.15, 0.2) is 6.61 Å². The predicted octanol–water partition coefficient (Wildman–Crippen LogP) is 4.73. The molecule has 0 aliphatic rings. The van der Waals surface area contributed by atoms with Crippen molar-refractivity contribution in [1.82, 2.24) is 9.78 Å². The van der Waals surface area contributed by atoms with Crippen molar-refractivity contribution in [3.05, 3.63) is 75.3 Å². The maximum atomic E-state index is 13.0. The molecule has 0 atom stereocenters. The molecular formula is C20H16Cl2FN3O3. The summed E-state index contributed by atoms with van der Waals surface area (Å²) in [6.45, 7) is 3.14. The maximum absolute atomic E-state index is 13.0. The van der Waals surface area contributed by atoms with Crippen molar-refractivity contribution in [3.63, 3.8) is 0 Å². The number of rotatable bonds is 5. The topological polar surface area (TPSA) is 73.2 Å². The summed E-state index contributed by atoms with van der Waals surface area (Å²) >= 11 is 12.0. The van der Waals surface area contributed by atoms with Crippen LogP contribution in [-0.2, 0) is 9.53 Å². The Morgan fingerprint density at radius 1 is 1.14 bits per heavy atom. The van der Waals surface area contributed by atoms with Gasteiger partial charge in [0.1, 0.15) is 5.82 Å². The molecule has 3 aromatic rings. The van der Waals surface area contributed by atoms with Gasteiger partial charge in [-0.05, 0) is 56.3 Å². The van der Waals surface area contributed by atoms with Gasteiger partial charge < -0.3 is 10.1 Å². The van der Waals surface area contributed by atoms with Crippen LogP contribution in [0.15, 0.2) is 42.5 Å². The number of aromatic nitrogens is 2. The highest BCUT2D eigenvalue weighted by Crippen LogP contribution is 2.23. The van der Waals surface area contributed by atoms with Crippen LogP contribution in [0.5, 0.6) is 0 Å². The number of benzene rings is 2.